The summed E-state index contributed by atoms with van der Waals surface area (Å²) in [6.07, 6.45) is 1.82. The maximum absolute atomic E-state index is 5.56. The molecule has 2 N–H and O–H groups in total. The standard InChI is InChI=1S/C12H16N4S/c1-9-11(17-8-15-9)7-16(2)6-10-3-4-12(13)14-5-10/h3-5,8H,6-7H2,1-2H3,(H2,13,14). The normalized spacial score (nSPS) is 11.0. The Labute approximate surface area is 105 Å². The number of nitrogens with zero attached hydrogens (tertiary/aromatic N) is 3. The number of hydrogen-bond donors (Lipinski definition) is 1. The zero-order chi connectivity index (χ0) is 12.3. The largest absolute Gasteiger partial charge is 0.384 e. The number of aryl methyl sites for hydroxylation is 1. The molecule has 2 aromatic heterocycles. The molecule has 0 aliphatic rings. The summed E-state index contributed by atoms with van der Waals surface area (Å²) >= 11 is 1.70. The van der Waals surface area contributed by atoms with Crippen molar-refractivity contribution in [2.45, 2.75) is 20.0 Å². The molecule has 0 aliphatic heterocycles. The fourth-order valence-corrected chi connectivity index (χ4v) is 2.48. The zero-order valence-corrected chi connectivity index (χ0v) is 10.9. The lowest BCUT2D eigenvalue weighted by Crippen LogP contribution is -2.17. The van der Waals surface area contributed by atoms with Crippen LogP contribution in [0.3, 0.4) is 0 Å². The number of aromatic nitrogens is 2. The number of rotatable bonds is 4. The van der Waals surface area contributed by atoms with Crippen molar-refractivity contribution in [3.63, 3.8) is 0 Å². The van der Waals surface area contributed by atoms with E-state index in [0.717, 1.165) is 18.8 Å². The molecule has 0 amide bonds. The van der Waals surface area contributed by atoms with Gasteiger partial charge in [-0.3, -0.25) is 4.90 Å². The fraction of sp³-hybridized carbons (Fsp3) is 0.333. The van der Waals surface area contributed by atoms with E-state index in [1.807, 2.05) is 30.8 Å². The van der Waals surface area contributed by atoms with E-state index in [1.165, 1.54) is 10.4 Å². The Bertz CT molecular complexity index is 478. The van der Waals surface area contributed by atoms with Gasteiger partial charge in [-0.25, -0.2) is 9.97 Å². The number of nitrogens with two attached hydrogens (primary N) is 1. The van der Waals surface area contributed by atoms with Crippen molar-refractivity contribution >= 4 is 17.2 Å². The van der Waals surface area contributed by atoms with Crippen LogP contribution in [0.15, 0.2) is 23.8 Å². The van der Waals surface area contributed by atoms with Gasteiger partial charge in [-0.05, 0) is 25.6 Å². The van der Waals surface area contributed by atoms with Crippen molar-refractivity contribution in [1.29, 1.82) is 0 Å². The number of hydrogen-bond acceptors (Lipinski definition) is 5. The average Bonchev–Trinajstić information content (AvgIpc) is 2.68. The van der Waals surface area contributed by atoms with Crippen molar-refractivity contribution < 1.29 is 0 Å². The molecule has 0 spiro atoms. The second-order valence-corrected chi connectivity index (χ2v) is 5.06. The highest BCUT2D eigenvalue weighted by molar-refractivity contribution is 7.09. The summed E-state index contributed by atoms with van der Waals surface area (Å²) in [6, 6.07) is 3.85. The van der Waals surface area contributed by atoms with Gasteiger partial charge >= 0.3 is 0 Å². The maximum Gasteiger partial charge on any atom is 0.123 e. The molecule has 90 valence electrons. The van der Waals surface area contributed by atoms with Crippen LogP contribution in [0.1, 0.15) is 16.1 Å². The van der Waals surface area contributed by atoms with Crippen molar-refractivity contribution in [1.82, 2.24) is 14.9 Å². The fourth-order valence-electron chi connectivity index (χ4n) is 1.62. The summed E-state index contributed by atoms with van der Waals surface area (Å²) in [5.74, 6) is 0.565. The Kier molecular flexibility index (Phi) is 3.71. The van der Waals surface area contributed by atoms with Crippen molar-refractivity contribution in [3.05, 3.63) is 40.0 Å². The Hall–Kier alpha value is -1.46. The molecule has 0 radical (unpaired) electrons. The highest BCUT2D eigenvalue weighted by Crippen LogP contribution is 2.15. The summed E-state index contributed by atoms with van der Waals surface area (Å²) in [5, 5.41) is 0. The first-order chi connectivity index (χ1) is 8.15. The number of pyridine rings is 1. The lowest BCUT2D eigenvalue weighted by atomic mass is 10.2. The molecule has 0 bridgehead atoms. The second kappa shape index (κ2) is 5.25. The molecular weight excluding hydrogens is 232 g/mol. The molecule has 5 heteroatoms. The lowest BCUT2D eigenvalue weighted by Gasteiger charge is -2.15. The first kappa shape index (κ1) is 12.0. The minimum atomic E-state index is 0.565. The van der Waals surface area contributed by atoms with Crippen LogP contribution in [0, 0.1) is 6.92 Å². The maximum atomic E-state index is 5.56. The molecule has 0 aliphatic carbocycles. The van der Waals surface area contributed by atoms with Crippen molar-refractivity contribution in [2.24, 2.45) is 0 Å². The van der Waals surface area contributed by atoms with Crippen LogP contribution in [-0.2, 0) is 13.1 Å². The van der Waals surface area contributed by atoms with E-state index in [-0.39, 0.29) is 0 Å². The smallest absolute Gasteiger partial charge is 0.123 e. The van der Waals surface area contributed by atoms with E-state index in [0.29, 0.717) is 5.82 Å². The second-order valence-electron chi connectivity index (χ2n) is 4.12. The van der Waals surface area contributed by atoms with Gasteiger partial charge in [0.05, 0.1) is 11.2 Å². The molecule has 0 fully saturated rings. The Morgan fingerprint density at radius 2 is 2.12 bits per heavy atom. The summed E-state index contributed by atoms with van der Waals surface area (Å²) in [6.45, 7) is 3.83. The summed E-state index contributed by atoms with van der Waals surface area (Å²) in [5.41, 5.74) is 9.74. The zero-order valence-electron chi connectivity index (χ0n) is 10.1. The number of nitrogen functional groups attached to an aromatic ring is 1. The molecule has 17 heavy (non-hydrogen) atoms. The SMILES string of the molecule is Cc1ncsc1CN(C)Cc1ccc(N)nc1. The minimum absolute atomic E-state index is 0.565. The Morgan fingerprint density at radius 1 is 1.29 bits per heavy atom. The first-order valence-corrected chi connectivity index (χ1v) is 6.31. The first-order valence-electron chi connectivity index (χ1n) is 5.43. The van der Waals surface area contributed by atoms with Crippen molar-refractivity contribution in [2.75, 3.05) is 12.8 Å². The predicted octanol–water partition coefficient (Wildman–Crippen LogP) is 2.06. The van der Waals surface area contributed by atoms with Gasteiger partial charge in [0.25, 0.3) is 0 Å². The third-order valence-corrected chi connectivity index (χ3v) is 3.48. The van der Waals surface area contributed by atoms with Crippen LogP contribution in [0.4, 0.5) is 5.82 Å². The molecular formula is C12H16N4S. The molecule has 2 heterocycles. The molecule has 0 aromatic carbocycles. The van der Waals surface area contributed by atoms with E-state index in [4.69, 9.17) is 5.73 Å². The third-order valence-electron chi connectivity index (χ3n) is 2.56. The van der Waals surface area contributed by atoms with Gasteiger partial charge in [0.1, 0.15) is 5.82 Å². The van der Waals surface area contributed by atoms with E-state index >= 15 is 0 Å². The molecule has 2 aromatic rings. The lowest BCUT2D eigenvalue weighted by molar-refractivity contribution is 0.321. The number of thiazole rings is 1. The van der Waals surface area contributed by atoms with Crippen molar-refractivity contribution in [3.8, 4) is 0 Å². The molecule has 0 unspecified atom stereocenters. The van der Waals surface area contributed by atoms with Crippen LogP contribution >= 0.6 is 11.3 Å². The molecule has 2 rings (SSSR count). The van der Waals surface area contributed by atoms with Gasteiger partial charge in [-0.2, -0.15) is 0 Å². The van der Waals surface area contributed by atoms with Gasteiger partial charge in [-0.15, -0.1) is 11.3 Å². The monoisotopic (exact) mass is 248 g/mol. The van der Waals surface area contributed by atoms with Crippen LogP contribution in [0.5, 0.6) is 0 Å². The quantitative estimate of drug-likeness (QED) is 0.900. The third kappa shape index (κ3) is 3.25. The van der Waals surface area contributed by atoms with E-state index in [9.17, 15) is 0 Å². The van der Waals surface area contributed by atoms with E-state index in [2.05, 4.69) is 21.9 Å². The van der Waals surface area contributed by atoms with Crippen LogP contribution in [0.2, 0.25) is 0 Å². The van der Waals surface area contributed by atoms with Gasteiger partial charge in [0.2, 0.25) is 0 Å². The molecule has 0 saturated carbocycles. The summed E-state index contributed by atoms with van der Waals surface area (Å²) in [7, 11) is 2.09. The molecule has 0 saturated heterocycles. The average molecular weight is 248 g/mol. The Morgan fingerprint density at radius 3 is 2.71 bits per heavy atom. The van der Waals surface area contributed by atoms with E-state index < -0.39 is 0 Å². The van der Waals surface area contributed by atoms with Crippen LogP contribution in [0.25, 0.3) is 0 Å². The number of anilines is 1. The predicted molar refractivity (Wildman–Crippen MR) is 70.7 cm³/mol. The van der Waals surface area contributed by atoms with Crippen LogP contribution in [-0.4, -0.2) is 21.9 Å². The van der Waals surface area contributed by atoms with Gasteiger partial charge in [-0.1, -0.05) is 6.07 Å². The minimum Gasteiger partial charge on any atom is -0.384 e. The van der Waals surface area contributed by atoms with Gasteiger partial charge in [0.15, 0.2) is 0 Å². The highest BCUT2D eigenvalue weighted by atomic mass is 32.1. The summed E-state index contributed by atoms with van der Waals surface area (Å²) < 4.78 is 0. The van der Waals surface area contributed by atoms with Gasteiger partial charge in [0, 0.05) is 24.2 Å². The van der Waals surface area contributed by atoms with Gasteiger partial charge < -0.3 is 5.73 Å². The van der Waals surface area contributed by atoms with E-state index in [1.54, 1.807) is 11.3 Å². The highest BCUT2D eigenvalue weighted by Gasteiger charge is 2.06. The van der Waals surface area contributed by atoms with Crippen LogP contribution < -0.4 is 5.73 Å². The topological polar surface area (TPSA) is 55.0 Å². The molecule has 4 nitrogen and oxygen atoms in total. The summed E-state index contributed by atoms with van der Waals surface area (Å²) in [4.78, 5) is 11.9. The Balaban J connectivity index is 1.95. The molecule has 0 atom stereocenters.